The summed E-state index contributed by atoms with van der Waals surface area (Å²) in [6.45, 7) is 0.413. The molecule has 0 atom stereocenters. The number of aromatic hydroxyl groups is 1. The lowest BCUT2D eigenvalue weighted by atomic mass is 10.0. The molecule has 0 bridgehead atoms. The number of carbonyl (C=O) groups excluding carboxylic acids is 1. The number of benzene rings is 1. The molecule has 0 saturated heterocycles. The molecule has 0 spiro atoms. The molecule has 1 saturated carbocycles. The Kier molecular flexibility index (Phi) is 4.62. The van der Waals surface area contributed by atoms with Gasteiger partial charge in [0.05, 0.1) is 0 Å². The fourth-order valence-corrected chi connectivity index (χ4v) is 2.58. The Morgan fingerprint density at radius 3 is 2.72 bits per heavy atom. The molecule has 0 unspecified atom stereocenters. The molecular formula is C15H21NO2. The summed E-state index contributed by atoms with van der Waals surface area (Å²) in [5.74, 6) is 1.08. The van der Waals surface area contributed by atoms with Crippen molar-refractivity contribution in [1.29, 1.82) is 0 Å². The number of phenolic OH excluding ortho intramolecular Hbond substituents is 1. The minimum atomic E-state index is 0.0881. The van der Waals surface area contributed by atoms with E-state index in [4.69, 9.17) is 0 Å². The van der Waals surface area contributed by atoms with E-state index < -0.39 is 0 Å². The van der Waals surface area contributed by atoms with Crippen LogP contribution in [0, 0.1) is 5.92 Å². The second kappa shape index (κ2) is 6.43. The van der Waals surface area contributed by atoms with Gasteiger partial charge in [0.1, 0.15) is 5.75 Å². The van der Waals surface area contributed by atoms with E-state index in [2.05, 4.69) is 5.32 Å². The number of amides is 1. The minimum absolute atomic E-state index is 0.0881. The lowest BCUT2D eigenvalue weighted by molar-refractivity contribution is -0.121. The lowest BCUT2D eigenvalue weighted by Gasteiger charge is -2.09. The molecule has 2 rings (SSSR count). The smallest absolute Gasteiger partial charge is 0.220 e. The first-order chi connectivity index (χ1) is 8.75. The summed E-state index contributed by atoms with van der Waals surface area (Å²) >= 11 is 0. The highest BCUT2D eigenvalue weighted by Crippen LogP contribution is 2.28. The van der Waals surface area contributed by atoms with Gasteiger partial charge in [0.25, 0.3) is 0 Å². The summed E-state index contributed by atoms with van der Waals surface area (Å²) < 4.78 is 0. The van der Waals surface area contributed by atoms with E-state index in [1.807, 2.05) is 12.1 Å². The molecule has 2 N–H and O–H groups in total. The van der Waals surface area contributed by atoms with Gasteiger partial charge in [-0.3, -0.25) is 4.79 Å². The molecule has 1 aromatic carbocycles. The summed E-state index contributed by atoms with van der Waals surface area (Å²) in [5.41, 5.74) is 0.770. The number of phenols is 1. The zero-order valence-electron chi connectivity index (χ0n) is 10.7. The van der Waals surface area contributed by atoms with Crippen molar-refractivity contribution < 1.29 is 9.90 Å². The van der Waals surface area contributed by atoms with Crippen molar-refractivity contribution >= 4 is 5.91 Å². The normalized spacial score (nSPS) is 15.8. The van der Waals surface area contributed by atoms with E-state index in [-0.39, 0.29) is 11.7 Å². The topological polar surface area (TPSA) is 49.3 Å². The van der Waals surface area contributed by atoms with E-state index in [1.54, 1.807) is 12.1 Å². The third-order valence-electron chi connectivity index (χ3n) is 3.72. The zero-order valence-corrected chi connectivity index (χ0v) is 10.7. The summed E-state index contributed by atoms with van der Waals surface area (Å²) in [7, 11) is 0. The van der Waals surface area contributed by atoms with E-state index in [0.717, 1.165) is 17.9 Å². The van der Waals surface area contributed by atoms with Crippen LogP contribution in [0.3, 0.4) is 0 Å². The van der Waals surface area contributed by atoms with Gasteiger partial charge in [-0.15, -0.1) is 0 Å². The van der Waals surface area contributed by atoms with Crippen molar-refractivity contribution in [3.8, 4) is 5.75 Å². The zero-order chi connectivity index (χ0) is 12.8. The molecule has 3 heteroatoms. The quantitative estimate of drug-likeness (QED) is 0.840. The maximum atomic E-state index is 11.7. The maximum absolute atomic E-state index is 11.7. The van der Waals surface area contributed by atoms with Crippen LogP contribution in [0.15, 0.2) is 24.3 Å². The Bertz CT molecular complexity index is 397. The standard InChI is InChI=1S/C15H21NO2/c17-14-8-4-3-7-13(14)11-16-15(18)10-9-12-5-1-2-6-12/h3-4,7-8,12,17H,1-2,5-6,9-11H2,(H,16,18). The molecule has 1 fully saturated rings. The molecule has 0 aromatic heterocycles. The monoisotopic (exact) mass is 247 g/mol. The minimum Gasteiger partial charge on any atom is -0.508 e. The third-order valence-corrected chi connectivity index (χ3v) is 3.72. The van der Waals surface area contributed by atoms with Gasteiger partial charge in [-0.2, -0.15) is 0 Å². The fraction of sp³-hybridized carbons (Fsp3) is 0.533. The third kappa shape index (κ3) is 3.76. The first-order valence-electron chi connectivity index (χ1n) is 6.79. The average molecular weight is 247 g/mol. The molecule has 0 radical (unpaired) electrons. The number of hydrogen-bond donors (Lipinski definition) is 2. The second-order valence-electron chi connectivity index (χ2n) is 5.09. The van der Waals surface area contributed by atoms with Crippen molar-refractivity contribution in [2.24, 2.45) is 5.92 Å². The van der Waals surface area contributed by atoms with Crippen LogP contribution >= 0.6 is 0 Å². The van der Waals surface area contributed by atoms with E-state index >= 15 is 0 Å². The van der Waals surface area contributed by atoms with Crippen LogP contribution in [0.2, 0.25) is 0 Å². The summed E-state index contributed by atoms with van der Waals surface area (Å²) in [4.78, 5) is 11.7. The van der Waals surface area contributed by atoms with E-state index in [1.165, 1.54) is 25.7 Å². The van der Waals surface area contributed by atoms with Crippen LogP contribution in [0.1, 0.15) is 44.1 Å². The highest BCUT2D eigenvalue weighted by molar-refractivity contribution is 5.75. The van der Waals surface area contributed by atoms with Crippen molar-refractivity contribution in [2.75, 3.05) is 0 Å². The maximum Gasteiger partial charge on any atom is 0.220 e. The summed E-state index contributed by atoms with van der Waals surface area (Å²) in [5, 5.41) is 12.4. The highest BCUT2D eigenvalue weighted by Gasteiger charge is 2.16. The van der Waals surface area contributed by atoms with E-state index in [0.29, 0.717) is 13.0 Å². The van der Waals surface area contributed by atoms with Gasteiger partial charge in [0.15, 0.2) is 0 Å². The van der Waals surface area contributed by atoms with Gasteiger partial charge < -0.3 is 10.4 Å². The summed E-state index contributed by atoms with van der Waals surface area (Å²) in [6, 6.07) is 7.10. The van der Waals surface area contributed by atoms with Crippen LogP contribution in [-0.4, -0.2) is 11.0 Å². The molecule has 98 valence electrons. The number of nitrogens with one attached hydrogen (secondary N) is 1. The molecule has 1 aliphatic rings. The molecule has 0 heterocycles. The largest absolute Gasteiger partial charge is 0.508 e. The van der Waals surface area contributed by atoms with Crippen molar-refractivity contribution in [1.82, 2.24) is 5.32 Å². The van der Waals surface area contributed by atoms with Crippen LogP contribution in [0.25, 0.3) is 0 Å². The number of para-hydroxylation sites is 1. The van der Waals surface area contributed by atoms with Gasteiger partial charge in [0.2, 0.25) is 5.91 Å². The lowest BCUT2D eigenvalue weighted by Crippen LogP contribution is -2.23. The van der Waals surface area contributed by atoms with Crippen LogP contribution in [-0.2, 0) is 11.3 Å². The van der Waals surface area contributed by atoms with Gasteiger partial charge >= 0.3 is 0 Å². The van der Waals surface area contributed by atoms with Crippen molar-refractivity contribution in [3.05, 3.63) is 29.8 Å². The second-order valence-corrected chi connectivity index (χ2v) is 5.09. The van der Waals surface area contributed by atoms with Crippen LogP contribution < -0.4 is 5.32 Å². The Morgan fingerprint density at radius 1 is 1.28 bits per heavy atom. The Hall–Kier alpha value is -1.51. The molecular weight excluding hydrogens is 226 g/mol. The predicted octanol–water partition coefficient (Wildman–Crippen LogP) is 2.98. The average Bonchev–Trinajstić information content (AvgIpc) is 2.88. The first kappa shape index (κ1) is 12.9. The number of carbonyl (C=O) groups is 1. The Labute approximate surface area is 108 Å². The highest BCUT2D eigenvalue weighted by atomic mass is 16.3. The molecule has 1 amide bonds. The predicted molar refractivity (Wildman–Crippen MR) is 71.1 cm³/mol. The van der Waals surface area contributed by atoms with Crippen LogP contribution in [0.4, 0.5) is 0 Å². The van der Waals surface area contributed by atoms with Crippen molar-refractivity contribution in [3.63, 3.8) is 0 Å². The molecule has 0 aliphatic heterocycles. The SMILES string of the molecule is O=C(CCC1CCCC1)NCc1ccccc1O. The fourth-order valence-electron chi connectivity index (χ4n) is 2.58. The van der Waals surface area contributed by atoms with Crippen molar-refractivity contribution in [2.45, 2.75) is 45.1 Å². The van der Waals surface area contributed by atoms with Gasteiger partial charge in [0, 0.05) is 18.5 Å². The first-order valence-corrected chi connectivity index (χ1v) is 6.79. The molecule has 3 nitrogen and oxygen atoms in total. The number of rotatable bonds is 5. The van der Waals surface area contributed by atoms with Crippen LogP contribution in [0.5, 0.6) is 5.75 Å². The van der Waals surface area contributed by atoms with Gasteiger partial charge in [-0.1, -0.05) is 43.9 Å². The number of hydrogen-bond acceptors (Lipinski definition) is 2. The molecule has 18 heavy (non-hydrogen) atoms. The van der Waals surface area contributed by atoms with E-state index in [9.17, 15) is 9.90 Å². The molecule has 1 aliphatic carbocycles. The Balaban J connectivity index is 1.69. The van der Waals surface area contributed by atoms with Gasteiger partial charge in [-0.25, -0.2) is 0 Å². The summed E-state index contributed by atoms with van der Waals surface area (Å²) in [6.07, 6.45) is 6.83. The van der Waals surface area contributed by atoms with Gasteiger partial charge in [-0.05, 0) is 18.4 Å². The Morgan fingerprint density at radius 2 is 2.00 bits per heavy atom. The molecule has 1 aromatic rings.